The van der Waals surface area contributed by atoms with E-state index >= 15 is 0 Å². The van der Waals surface area contributed by atoms with Crippen LogP contribution in [-0.2, 0) is 17.7 Å². The van der Waals surface area contributed by atoms with Gasteiger partial charge in [0.05, 0.1) is 5.69 Å². The number of fused-ring (bicyclic) bond motifs is 3. The number of nitrogens with zero attached hydrogens (tertiary/aromatic N) is 5. The van der Waals surface area contributed by atoms with E-state index in [2.05, 4.69) is 60.8 Å². The van der Waals surface area contributed by atoms with Crippen molar-refractivity contribution in [3.8, 4) is 16.8 Å². The maximum atomic E-state index is 13.6. The average Bonchev–Trinajstić information content (AvgIpc) is 3.97. The number of nitrogens with one attached hydrogen (secondary N) is 1. The summed E-state index contributed by atoms with van der Waals surface area (Å²) in [6.07, 6.45) is 3.40. The van der Waals surface area contributed by atoms with Crippen molar-refractivity contribution >= 4 is 27.9 Å². The first-order chi connectivity index (χ1) is 24.5. The number of halogens is 1. The predicted molar refractivity (Wildman–Crippen MR) is 190 cm³/mol. The third kappa shape index (κ3) is 6.44. The zero-order valence-corrected chi connectivity index (χ0v) is 28.6. The van der Waals surface area contributed by atoms with E-state index in [0.717, 1.165) is 34.1 Å². The summed E-state index contributed by atoms with van der Waals surface area (Å²) in [6.45, 7) is 1.11. The van der Waals surface area contributed by atoms with Crippen molar-refractivity contribution in [2.75, 3.05) is 13.2 Å². The highest BCUT2D eigenvalue weighted by atomic mass is 79.9. The van der Waals surface area contributed by atoms with Gasteiger partial charge in [0.25, 0.3) is 5.91 Å². The molecule has 6 aromatic rings. The Morgan fingerprint density at radius 3 is 2.44 bits per heavy atom. The van der Waals surface area contributed by atoms with Crippen LogP contribution in [0.1, 0.15) is 69.3 Å². The van der Waals surface area contributed by atoms with Gasteiger partial charge in [-0.3, -0.25) is 4.79 Å². The van der Waals surface area contributed by atoms with Crippen LogP contribution in [-0.4, -0.2) is 50.0 Å². The number of ether oxygens (including phenoxy) is 1. The fourth-order valence-corrected chi connectivity index (χ4v) is 7.15. The van der Waals surface area contributed by atoms with Crippen molar-refractivity contribution in [1.82, 2.24) is 30.1 Å². The molecule has 1 aliphatic carbocycles. The molecule has 11 heteroatoms. The van der Waals surface area contributed by atoms with Gasteiger partial charge >= 0.3 is 6.09 Å². The smallest absolute Gasteiger partial charge is 0.407 e. The first kappa shape index (κ1) is 31.7. The molecule has 8 rings (SSSR count). The van der Waals surface area contributed by atoms with Gasteiger partial charge in [0.15, 0.2) is 11.5 Å². The number of hydrogen-bond donors (Lipinski definition) is 1. The van der Waals surface area contributed by atoms with Gasteiger partial charge in [0, 0.05) is 36.1 Å². The zero-order valence-electron chi connectivity index (χ0n) is 27.0. The van der Waals surface area contributed by atoms with Gasteiger partial charge in [-0.2, -0.15) is 10.1 Å². The lowest BCUT2D eigenvalue weighted by atomic mass is 9.98. The summed E-state index contributed by atoms with van der Waals surface area (Å²) in [5.74, 6) is 0.834. The van der Waals surface area contributed by atoms with Gasteiger partial charge in [-0.1, -0.05) is 93.9 Å². The largest absolute Gasteiger partial charge is 0.449 e. The zero-order chi connectivity index (χ0) is 34.0. The Kier molecular flexibility index (Phi) is 8.72. The fraction of sp³-hybridized carbons (Fsp3) is 0.205. The number of alkyl carbamates (subject to hydrolysis) is 1. The second kappa shape index (κ2) is 13.8. The monoisotopic (exact) mass is 728 g/mol. The maximum Gasteiger partial charge on any atom is 0.407 e. The van der Waals surface area contributed by atoms with E-state index in [9.17, 15) is 9.59 Å². The Bertz CT molecular complexity index is 2130. The molecule has 0 bridgehead atoms. The second-order valence-electron chi connectivity index (χ2n) is 12.5. The van der Waals surface area contributed by atoms with Crippen LogP contribution in [0.15, 0.2) is 118 Å². The standard InChI is InChI=1S/C39H33BrN6O4/c40-27-16-14-25(15-17-27)22-36-42-37(50-44-36)35-13-6-19-45(35)38(47)34-18-20-46(43-34)28-8-5-7-26(21-28)23-41-39(48)49-24-33-31-11-3-1-9-29(31)30-10-2-4-12-32(30)33/h1-5,7-12,14-18,20-21,33,35H,6,13,19,22-24H2,(H,41,48). The molecule has 0 saturated carbocycles. The third-order valence-electron chi connectivity index (χ3n) is 9.32. The van der Waals surface area contributed by atoms with Crippen LogP contribution in [0.4, 0.5) is 4.79 Å². The Morgan fingerprint density at radius 2 is 1.66 bits per heavy atom. The Balaban J connectivity index is 0.881. The molecule has 0 spiro atoms. The SMILES string of the molecule is O=C(NCc1cccc(-n2ccc(C(=O)N3CCCC3c3nc(Cc4ccc(Br)cc4)no3)n2)c1)OCC1c2ccccc2-c2ccccc21. The number of amides is 2. The van der Waals surface area contributed by atoms with Gasteiger partial charge in [-0.15, -0.1) is 0 Å². The molecule has 1 N–H and O–H groups in total. The quantitative estimate of drug-likeness (QED) is 0.163. The van der Waals surface area contributed by atoms with Crippen LogP contribution in [0.5, 0.6) is 0 Å². The Labute approximate surface area is 297 Å². The van der Waals surface area contributed by atoms with E-state index in [1.807, 2.05) is 72.8 Å². The van der Waals surface area contributed by atoms with E-state index in [1.165, 1.54) is 22.3 Å². The lowest BCUT2D eigenvalue weighted by Crippen LogP contribution is -2.31. The van der Waals surface area contributed by atoms with Gasteiger partial charge in [0.1, 0.15) is 12.6 Å². The number of benzene rings is 4. The number of carbonyl (C=O) groups is 2. The van der Waals surface area contributed by atoms with Crippen molar-refractivity contribution in [2.45, 2.75) is 37.8 Å². The summed E-state index contributed by atoms with van der Waals surface area (Å²) in [5, 5.41) is 11.7. The van der Waals surface area contributed by atoms with Crippen LogP contribution >= 0.6 is 15.9 Å². The molecule has 1 atom stereocenters. The Morgan fingerprint density at radius 1 is 0.900 bits per heavy atom. The summed E-state index contributed by atoms with van der Waals surface area (Å²) in [7, 11) is 0. The molecule has 250 valence electrons. The van der Waals surface area contributed by atoms with Crippen molar-refractivity contribution in [3.63, 3.8) is 0 Å². The van der Waals surface area contributed by atoms with Crippen LogP contribution in [0.25, 0.3) is 16.8 Å². The van der Waals surface area contributed by atoms with E-state index in [-0.39, 0.29) is 31.0 Å². The molecular weight excluding hydrogens is 696 g/mol. The lowest BCUT2D eigenvalue weighted by molar-refractivity contribution is 0.0703. The topological polar surface area (TPSA) is 115 Å². The van der Waals surface area contributed by atoms with E-state index in [0.29, 0.717) is 30.4 Å². The third-order valence-corrected chi connectivity index (χ3v) is 9.85. The number of hydrogen-bond acceptors (Lipinski definition) is 7. The normalized spacial score (nSPS) is 15.1. The summed E-state index contributed by atoms with van der Waals surface area (Å²) < 4.78 is 14.0. The second-order valence-corrected chi connectivity index (χ2v) is 13.4. The molecule has 0 radical (unpaired) electrons. The molecule has 2 amide bonds. The molecule has 50 heavy (non-hydrogen) atoms. The molecule has 3 heterocycles. The van der Waals surface area contributed by atoms with Crippen LogP contribution in [0.2, 0.25) is 0 Å². The lowest BCUT2D eigenvalue weighted by Gasteiger charge is -2.20. The number of aromatic nitrogens is 4. The molecule has 1 unspecified atom stereocenters. The number of carbonyl (C=O) groups excluding carboxylic acids is 2. The van der Waals surface area contributed by atoms with E-state index in [4.69, 9.17) is 9.26 Å². The fourth-order valence-electron chi connectivity index (χ4n) is 6.89. The minimum atomic E-state index is -0.480. The number of likely N-dealkylation sites (tertiary alicyclic amines) is 1. The molecular formula is C39H33BrN6O4. The summed E-state index contributed by atoms with van der Waals surface area (Å²) >= 11 is 3.46. The van der Waals surface area contributed by atoms with Crippen molar-refractivity contribution < 1.29 is 18.8 Å². The molecule has 1 aliphatic heterocycles. The first-order valence-electron chi connectivity index (χ1n) is 16.6. The highest BCUT2D eigenvalue weighted by Crippen LogP contribution is 2.44. The summed E-state index contributed by atoms with van der Waals surface area (Å²) in [6, 6.07) is 33.6. The molecule has 1 saturated heterocycles. The van der Waals surface area contributed by atoms with Crippen LogP contribution in [0, 0.1) is 0 Å². The van der Waals surface area contributed by atoms with Crippen molar-refractivity contribution in [3.05, 3.63) is 153 Å². The number of rotatable bonds is 9. The molecule has 10 nitrogen and oxygen atoms in total. The van der Waals surface area contributed by atoms with Crippen molar-refractivity contribution in [1.29, 1.82) is 0 Å². The van der Waals surface area contributed by atoms with Gasteiger partial charge in [0.2, 0.25) is 5.89 Å². The molecule has 2 aliphatic rings. The van der Waals surface area contributed by atoms with E-state index in [1.54, 1.807) is 21.8 Å². The summed E-state index contributed by atoms with van der Waals surface area (Å²) in [5.41, 5.74) is 7.75. The predicted octanol–water partition coefficient (Wildman–Crippen LogP) is 7.62. The van der Waals surface area contributed by atoms with Gasteiger partial charge in [-0.25, -0.2) is 9.48 Å². The van der Waals surface area contributed by atoms with Crippen LogP contribution in [0.3, 0.4) is 0 Å². The minimum absolute atomic E-state index is 0.00353. The van der Waals surface area contributed by atoms with Crippen molar-refractivity contribution in [2.24, 2.45) is 0 Å². The minimum Gasteiger partial charge on any atom is -0.449 e. The maximum absolute atomic E-state index is 13.6. The molecule has 1 fully saturated rings. The van der Waals surface area contributed by atoms with Crippen LogP contribution < -0.4 is 5.32 Å². The average molecular weight is 730 g/mol. The van der Waals surface area contributed by atoms with Gasteiger partial charge in [-0.05, 0) is 76.6 Å². The van der Waals surface area contributed by atoms with Gasteiger partial charge < -0.3 is 19.5 Å². The highest BCUT2D eigenvalue weighted by Gasteiger charge is 2.35. The summed E-state index contributed by atoms with van der Waals surface area (Å²) in [4.78, 5) is 32.8. The molecule has 4 aromatic carbocycles. The highest BCUT2D eigenvalue weighted by molar-refractivity contribution is 9.10. The Hall–Kier alpha value is -5.55. The van der Waals surface area contributed by atoms with E-state index < -0.39 is 6.09 Å². The molecule has 2 aromatic heterocycles. The first-order valence-corrected chi connectivity index (χ1v) is 17.4.